The van der Waals surface area contributed by atoms with Gasteiger partial charge in [0, 0.05) is 12.5 Å². The SMILES string of the molecule is O=C(NN1C[C@@H](C(=O)O)CC1=O)c1ccccc1[N+](=O)[O-]. The van der Waals surface area contributed by atoms with Crippen LogP contribution in [0.5, 0.6) is 0 Å². The van der Waals surface area contributed by atoms with Crippen LogP contribution in [0.4, 0.5) is 5.69 Å². The third-order valence-corrected chi connectivity index (χ3v) is 3.06. The van der Waals surface area contributed by atoms with Crippen LogP contribution >= 0.6 is 0 Å². The number of hydrogen-bond donors (Lipinski definition) is 2. The molecule has 1 aliphatic heterocycles. The largest absolute Gasteiger partial charge is 0.481 e. The van der Waals surface area contributed by atoms with Crippen LogP contribution in [0.2, 0.25) is 0 Å². The Hall–Kier alpha value is -2.97. The van der Waals surface area contributed by atoms with E-state index in [4.69, 9.17) is 5.11 Å². The number of nitro benzene ring substituents is 1. The molecule has 9 heteroatoms. The summed E-state index contributed by atoms with van der Waals surface area (Å²) in [5.41, 5.74) is 1.61. The zero-order valence-electron chi connectivity index (χ0n) is 10.7. The van der Waals surface area contributed by atoms with Gasteiger partial charge < -0.3 is 5.11 Å². The molecule has 1 saturated heterocycles. The van der Waals surface area contributed by atoms with Crippen LogP contribution < -0.4 is 5.43 Å². The molecule has 2 N–H and O–H groups in total. The molecular weight excluding hydrogens is 282 g/mol. The molecule has 0 spiro atoms. The molecular formula is C12H11N3O6. The van der Waals surface area contributed by atoms with E-state index in [1.54, 1.807) is 0 Å². The number of aliphatic carboxylic acids is 1. The number of carbonyl (C=O) groups is 3. The number of carboxylic acid groups (broad SMARTS) is 1. The van der Waals surface area contributed by atoms with Crippen LogP contribution in [-0.4, -0.2) is 39.4 Å². The molecule has 1 aliphatic rings. The van der Waals surface area contributed by atoms with Gasteiger partial charge >= 0.3 is 5.97 Å². The molecule has 110 valence electrons. The average Bonchev–Trinajstić information content (AvgIpc) is 2.80. The minimum Gasteiger partial charge on any atom is -0.481 e. The third kappa shape index (κ3) is 2.96. The van der Waals surface area contributed by atoms with Crippen molar-refractivity contribution in [3.05, 3.63) is 39.9 Å². The van der Waals surface area contributed by atoms with Gasteiger partial charge in [0.05, 0.1) is 17.4 Å². The lowest BCUT2D eigenvalue weighted by Crippen LogP contribution is -2.43. The van der Waals surface area contributed by atoms with Gasteiger partial charge in [0.25, 0.3) is 11.6 Å². The molecule has 21 heavy (non-hydrogen) atoms. The van der Waals surface area contributed by atoms with Crippen LogP contribution in [0.15, 0.2) is 24.3 Å². The number of hydrazine groups is 1. The van der Waals surface area contributed by atoms with E-state index in [-0.39, 0.29) is 18.5 Å². The summed E-state index contributed by atoms with van der Waals surface area (Å²) in [5, 5.41) is 20.5. The summed E-state index contributed by atoms with van der Waals surface area (Å²) >= 11 is 0. The first kappa shape index (κ1) is 14.4. The van der Waals surface area contributed by atoms with E-state index in [1.165, 1.54) is 24.3 Å². The molecule has 1 heterocycles. The quantitative estimate of drug-likeness (QED) is 0.601. The van der Waals surface area contributed by atoms with Crippen molar-refractivity contribution >= 4 is 23.5 Å². The summed E-state index contributed by atoms with van der Waals surface area (Å²) < 4.78 is 0. The number of benzene rings is 1. The van der Waals surface area contributed by atoms with E-state index >= 15 is 0 Å². The molecule has 0 unspecified atom stereocenters. The van der Waals surface area contributed by atoms with Crippen molar-refractivity contribution in [2.45, 2.75) is 6.42 Å². The Bertz CT molecular complexity index is 629. The summed E-state index contributed by atoms with van der Waals surface area (Å²) in [5.74, 6) is -3.41. The van der Waals surface area contributed by atoms with E-state index < -0.39 is 34.3 Å². The Morgan fingerprint density at radius 3 is 2.62 bits per heavy atom. The smallest absolute Gasteiger partial charge is 0.308 e. The van der Waals surface area contributed by atoms with Crippen molar-refractivity contribution < 1.29 is 24.4 Å². The first-order valence-electron chi connectivity index (χ1n) is 5.97. The fourth-order valence-electron chi connectivity index (χ4n) is 1.99. The number of para-hydroxylation sites is 1. The predicted octanol–water partition coefficient (Wildman–Crippen LogP) is 0.173. The maximum atomic E-state index is 12.0. The second-order valence-electron chi connectivity index (χ2n) is 4.46. The summed E-state index contributed by atoms with van der Waals surface area (Å²) in [7, 11) is 0. The highest BCUT2D eigenvalue weighted by Gasteiger charge is 2.36. The lowest BCUT2D eigenvalue weighted by atomic mass is 10.1. The van der Waals surface area contributed by atoms with Crippen LogP contribution in [0.1, 0.15) is 16.8 Å². The molecule has 0 aliphatic carbocycles. The lowest BCUT2D eigenvalue weighted by Gasteiger charge is -2.17. The van der Waals surface area contributed by atoms with Crippen molar-refractivity contribution in [3.63, 3.8) is 0 Å². The normalized spacial score (nSPS) is 17.6. The van der Waals surface area contributed by atoms with Crippen LogP contribution in [0.3, 0.4) is 0 Å². The van der Waals surface area contributed by atoms with Crippen molar-refractivity contribution in [1.82, 2.24) is 10.4 Å². The highest BCUT2D eigenvalue weighted by molar-refractivity contribution is 5.99. The van der Waals surface area contributed by atoms with Crippen molar-refractivity contribution in [2.24, 2.45) is 5.92 Å². The maximum absolute atomic E-state index is 12.0. The second kappa shape index (κ2) is 5.57. The zero-order valence-corrected chi connectivity index (χ0v) is 10.7. The predicted molar refractivity (Wildman–Crippen MR) is 68.0 cm³/mol. The van der Waals surface area contributed by atoms with Gasteiger partial charge in [0.15, 0.2) is 0 Å². The molecule has 0 aromatic heterocycles. The molecule has 0 radical (unpaired) electrons. The van der Waals surface area contributed by atoms with Gasteiger partial charge in [0.1, 0.15) is 5.56 Å². The number of nitro groups is 1. The molecule has 1 aromatic carbocycles. The minimum absolute atomic E-state index is 0.166. The molecule has 0 bridgehead atoms. The summed E-state index contributed by atoms with van der Waals surface area (Å²) in [4.78, 5) is 44.5. The number of carboxylic acids is 1. The van der Waals surface area contributed by atoms with Gasteiger partial charge in [-0.25, -0.2) is 0 Å². The van der Waals surface area contributed by atoms with Gasteiger partial charge in [-0.1, -0.05) is 12.1 Å². The number of nitrogens with zero attached hydrogens (tertiary/aromatic N) is 2. The van der Waals surface area contributed by atoms with E-state index in [0.29, 0.717) is 0 Å². The Balaban J connectivity index is 2.14. The van der Waals surface area contributed by atoms with E-state index in [1.807, 2.05) is 0 Å². The molecule has 1 atom stereocenters. The molecule has 1 aromatic rings. The average molecular weight is 293 g/mol. The molecule has 2 amide bonds. The maximum Gasteiger partial charge on any atom is 0.308 e. The van der Waals surface area contributed by atoms with Crippen molar-refractivity contribution in [2.75, 3.05) is 6.54 Å². The van der Waals surface area contributed by atoms with Crippen LogP contribution in [0.25, 0.3) is 0 Å². The van der Waals surface area contributed by atoms with Crippen LogP contribution in [0, 0.1) is 16.0 Å². The van der Waals surface area contributed by atoms with Crippen LogP contribution in [-0.2, 0) is 9.59 Å². The Morgan fingerprint density at radius 1 is 1.38 bits per heavy atom. The molecule has 2 rings (SSSR count). The Morgan fingerprint density at radius 2 is 2.05 bits per heavy atom. The fraction of sp³-hybridized carbons (Fsp3) is 0.250. The summed E-state index contributed by atoms with van der Waals surface area (Å²) in [6.45, 7) is -0.166. The standard InChI is InChI=1S/C12H11N3O6/c16-10-5-7(12(18)19)6-14(10)13-11(17)8-3-1-2-4-9(8)15(20)21/h1-4,7H,5-6H2,(H,13,17)(H,18,19)/t7-/m0/s1. The number of amides is 2. The number of hydrogen-bond acceptors (Lipinski definition) is 5. The fourth-order valence-corrected chi connectivity index (χ4v) is 1.99. The number of nitrogens with one attached hydrogen (secondary N) is 1. The van der Waals surface area contributed by atoms with Crippen molar-refractivity contribution in [3.8, 4) is 0 Å². The van der Waals surface area contributed by atoms with Gasteiger partial charge in [-0.2, -0.15) is 0 Å². The summed E-state index contributed by atoms with van der Waals surface area (Å²) in [6, 6.07) is 5.29. The van der Waals surface area contributed by atoms with Gasteiger partial charge in [-0.05, 0) is 6.07 Å². The minimum atomic E-state index is -1.13. The molecule has 1 fully saturated rings. The number of rotatable bonds is 4. The Kier molecular flexibility index (Phi) is 3.83. The first-order chi connectivity index (χ1) is 9.90. The topological polar surface area (TPSA) is 130 Å². The third-order valence-electron chi connectivity index (χ3n) is 3.06. The second-order valence-corrected chi connectivity index (χ2v) is 4.46. The van der Waals surface area contributed by atoms with E-state index in [2.05, 4.69) is 5.43 Å². The van der Waals surface area contributed by atoms with Gasteiger partial charge in [-0.15, -0.1) is 0 Å². The molecule has 0 saturated carbocycles. The highest BCUT2D eigenvalue weighted by Crippen LogP contribution is 2.19. The highest BCUT2D eigenvalue weighted by atomic mass is 16.6. The first-order valence-corrected chi connectivity index (χ1v) is 5.97. The van der Waals surface area contributed by atoms with E-state index in [9.17, 15) is 24.5 Å². The van der Waals surface area contributed by atoms with Crippen molar-refractivity contribution in [1.29, 1.82) is 0 Å². The zero-order chi connectivity index (χ0) is 15.6. The monoisotopic (exact) mass is 293 g/mol. The van der Waals surface area contributed by atoms with E-state index in [0.717, 1.165) is 5.01 Å². The lowest BCUT2D eigenvalue weighted by molar-refractivity contribution is -0.385. The van der Waals surface area contributed by atoms with Gasteiger partial charge in [-0.3, -0.25) is 34.9 Å². The van der Waals surface area contributed by atoms with Gasteiger partial charge in [0.2, 0.25) is 5.91 Å². The summed E-state index contributed by atoms with van der Waals surface area (Å²) in [6.07, 6.45) is -0.216. The Labute approximate surface area is 118 Å². The molecule has 9 nitrogen and oxygen atoms in total. The number of carbonyl (C=O) groups excluding carboxylic acids is 2.